The van der Waals surface area contributed by atoms with Crippen LogP contribution in [0.1, 0.15) is 6.92 Å². The highest BCUT2D eigenvalue weighted by Gasteiger charge is 2.94. The minimum absolute atomic E-state index is 0.618. The van der Waals surface area contributed by atoms with Crippen molar-refractivity contribution in [3.63, 3.8) is 0 Å². The molecule has 0 heterocycles. The van der Waals surface area contributed by atoms with E-state index in [0.29, 0.717) is 0 Å². The smallest absolute Gasteiger partial charge is 0.410 e. The van der Waals surface area contributed by atoms with Gasteiger partial charge in [-0.05, 0) is 6.92 Å². The molecule has 0 aromatic heterocycles. The zero-order chi connectivity index (χ0) is 22.7. The van der Waals surface area contributed by atoms with Crippen molar-refractivity contribution in [1.29, 1.82) is 0 Å². The standard InChI is InChI=1S/C10H5F15O2/c1-2(11)4(12,13)6(16,17)8(20,21)10(24,25)9(22,23)7(18,19)5(14,15)3(26)27/h2H,1H3,(H,26,27). The predicted molar refractivity (Wildman–Crippen MR) is 52.8 cm³/mol. The van der Waals surface area contributed by atoms with Gasteiger partial charge in [0.05, 0.1) is 0 Å². The van der Waals surface area contributed by atoms with E-state index in [4.69, 9.17) is 5.11 Å². The molecule has 0 radical (unpaired) electrons. The predicted octanol–water partition coefficient (Wildman–Crippen LogP) is 4.88. The van der Waals surface area contributed by atoms with Crippen LogP contribution in [0.5, 0.6) is 0 Å². The summed E-state index contributed by atoms with van der Waals surface area (Å²) in [6, 6.07) is 0. The van der Waals surface area contributed by atoms with Crippen LogP contribution in [0.2, 0.25) is 0 Å². The largest absolute Gasteiger partial charge is 0.477 e. The topological polar surface area (TPSA) is 37.3 Å². The van der Waals surface area contributed by atoms with Crippen molar-refractivity contribution in [1.82, 2.24) is 0 Å². The molecule has 0 saturated carbocycles. The number of carboxylic acids is 1. The third-order valence-corrected chi connectivity index (χ3v) is 3.16. The average molecular weight is 442 g/mol. The lowest BCUT2D eigenvalue weighted by Crippen LogP contribution is -2.74. The van der Waals surface area contributed by atoms with Gasteiger partial charge in [-0.25, -0.2) is 9.18 Å². The summed E-state index contributed by atoms with van der Waals surface area (Å²) in [5.74, 6) is -59.1. The van der Waals surface area contributed by atoms with Gasteiger partial charge in [-0.2, -0.15) is 61.5 Å². The lowest BCUT2D eigenvalue weighted by atomic mass is 9.88. The van der Waals surface area contributed by atoms with E-state index >= 15 is 0 Å². The number of rotatable bonds is 8. The molecule has 0 aromatic rings. The first-order valence-electron chi connectivity index (χ1n) is 5.91. The van der Waals surface area contributed by atoms with Gasteiger partial charge in [-0.3, -0.25) is 0 Å². The maximum Gasteiger partial charge on any atom is 0.410 e. The molecule has 0 amide bonds. The first kappa shape index (κ1) is 25.4. The molecule has 17 heteroatoms. The maximum absolute atomic E-state index is 13.1. The van der Waals surface area contributed by atoms with Crippen LogP contribution in [-0.2, 0) is 4.79 Å². The minimum atomic E-state index is -8.41. The van der Waals surface area contributed by atoms with Gasteiger partial charge in [0.1, 0.15) is 0 Å². The van der Waals surface area contributed by atoms with Gasteiger partial charge >= 0.3 is 47.4 Å². The molecule has 1 N–H and O–H groups in total. The van der Waals surface area contributed by atoms with Crippen molar-refractivity contribution in [3.05, 3.63) is 0 Å². The molecule has 0 bridgehead atoms. The second-order valence-corrected chi connectivity index (χ2v) is 4.99. The number of hydrogen-bond donors (Lipinski definition) is 1. The van der Waals surface area contributed by atoms with E-state index in [2.05, 4.69) is 0 Å². The fourth-order valence-corrected chi connectivity index (χ4v) is 1.38. The molecule has 0 aliphatic heterocycles. The van der Waals surface area contributed by atoms with Gasteiger partial charge in [0.25, 0.3) is 0 Å². The maximum atomic E-state index is 13.1. The molecule has 0 aromatic carbocycles. The Morgan fingerprint density at radius 1 is 0.630 bits per heavy atom. The summed E-state index contributed by atoms with van der Waals surface area (Å²) in [6.45, 7) is -0.618. The molecule has 0 spiro atoms. The molecule has 0 aliphatic rings. The van der Waals surface area contributed by atoms with Crippen molar-refractivity contribution >= 4 is 5.97 Å². The minimum Gasteiger partial charge on any atom is -0.477 e. The van der Waals surface area contributed by atoms with Crippen molar-refractivity contribution in [2.24, 2.45) is 0 Å². The van der Waals surface area contributed by atoms with Gasteiger partial charge in [-0.15, -0.1) is 0 Å². The van der Waals surface area contributed by atoms with Crippen LogP contribution in [0.25, 0.3) is 0 Å². The fourth-order valence-electron chi connectivity index (χ4n) is 1.38. The fraction of sp³-hybridized carbons (Fsp3) is 0.900. The number of aliphatic carboxylic acids is 1. The van der Waals surface area contributed by atoms with Gasteiger partial charge in [-0.1, -0.05) is 0 Å². The van der Waals surface area contributed by atoms with Crippen LogP contribution in [0.4, 0.5) is 65.9 Å². The van der Waals surface area contributed by atoms with Crippen molar-refractivity contribution in [3.8, 4) is 0 Å². The van der Waals surface area contributed by atoms with Crippen molar-refractivity contribution < 1.29 is 75.8 Å². The Morgan fingerprint density at radius 3 is 1.15 bits per heavy atom. The molecule has 162 valence electrons. The van der Waals surface area contributed by atoms with E-state index in [1.807, 2.05) is 0 Å². The molecule has 0 rings (SSSR count). The lowest BCUT2D eigenvalue weighted by Gasteiger charge is -2.42. The first-order valence-corrected chi connectivity index (χ1v) is 5.91. The van der Waals surface area contributed by atoms with Crippen LogP contribution in [0.3, 0.4) is 0 Å². The zero-order valence-electron chi connectivity index (χ0n) is 12.1. The van der Waals surface area contributed by atoms with Crippen LogP contribution in [0.15, 0.2) is 0 Å². The highest BCUT2D eigenvalue weighted by molar-refractivity contribution is 5.77. The molecule has 27 heavy (non-hydrogen) atoms. The number of hydrogen-bond acceptors (Lipinski definition) is 1. The van der Waals surface area contributed by atoms with E-state index in [1.165, 1.54) is 0 Å². The first-order chi connectivity index (χ1) is 11.4. The lowest BCUT2D eigenvalue weighted by molar-refractivity contribution is -0.441. The van der Waals surface area contributed by atoms with Crippen LogP contribution < -0.4 is 0 Å². The molecular formula is C10H5F15O2. The van der Waals surface area contributed by atoms with Gasteiger partial charge in [0, 0.05) is 0 Å². The Labute approximate surface area is 137 Å². The molecule has 1 atom stereocenters. The number of halogens is 15. The Hall–Kier alpha value is -1.58. The Bertz CT molecular complexity index is 579. The van der Waals surface area contributed by atoms with Crippen molar-refractivity contribution in [2.45, 2.75) is 54.6 Å². The van der Waals surface area contributed by atoms with Crippen LogP contribution in [-0.4, -0.2) is 58.7 Å². The van der Waals surface area contributed by atoms with E-state index in [9.17, 15) is 70.7 Å². The van der Waals surface area contributed by atoms with Gasteiger partial charge in [0.15, 0.2) is 6.17 Å². The monoisotopic (exact) mass is 442 g/mol. The molecule has 2 nitrogen and oxygen atoms in total. The summed E-state index contributed by atoms with van der Waals surface area (Å²) in [4.78, 5) is 9.82. The Balaban J connectivity index is 6.66. The second kappa shape index (κ2) is 6.22. The summed E-state index contributed by atoms with van der Waals surface area (Å²) in [5, 5.41) is 7.66. The molecular weight excluding hydrogens is 437 g/mol. The summed E-state index contributed by atoms with van der Waals surface area (Å²) in [6.07, 6.45) is -4.43. The van der Waals surface area contributed by atoms with Crippen LogP contribution in [0, 0.1) is 0 Å². The van der Waals surface area contributed by atoms with Gasteiger partial charge < -0.3 is 5.11 Å². The quantitative estimate of drug-likeness (QED) is 0.545. The van der Waals surface area contributed by atoms with Crippen molar-refractivity contribution in [2.75, 3.05) is 0 Å². The summed E-state index contributed by atoms with van der Waals surface area (Å²) in [7, 11) is 0. The van der Waals surface area contributed by atoms with E-state index in [1.54, 1.807) is 0 Å². The number of alkyl halides is 15. The Kier molecular flexibility index (Phi) is 5.85. The van der Waals surface area contributed by atoms with E-state index in [-0.39, 0.29) is 0 Å². The summed E-state index contributed by atoms with van der Waals surface area (Å²) in [5.41, 5.74) is 0. The summed E-state index contributed by atoms with van der Waals surface area (Å²) >= 11 is 0. The highest BCUT2D eigenvalue weighted by Crippen LogP contribution is 2.62. The average Bonchev–Trinajstić information content (AvgIpc) is 2.45. The number of carboxylic acid groups (broad SMARTS) is 1. The Morgan fingerprint density at radius 2 is 0.889 bits per heavy atom. The van der Waals surface area contributed by atoms with Gasteiger partial charge in [0.2, 0.25) is 0 Å². The molecule has 0 saturated heterocycles. The SMILES string of the molecule is CC(F)C(F)(F)C(F)(F)C(F)(F)C(F)(F)C(F)(F)C(F)(F)C(F)(F)C(=O)O. The highest BCUT2D eigenvalue weighted by atomic mass is 19.4. The molecule has 1 unspecified atom stereocenters. The van der Waals surface area contributed by atoms with E-state index < -0.39 is 60.5 Å². The third kappa shape index (κ3) is 2.96. The normalized spacial score (nSPS) is 17.0. The molecule has 0 fully saturated rings. The van der Waals surface area contributed by atoms with Crippen LogP contribution >= 0.6 is 0 Å². The second-order valence-electron chi connectivity index (χ2n) is 4.99. The molecule has 0 aliphatic carbocycles. The third-order valence-electron chi connectivity index (χ3n) is 3.16. The summed E-state index contributed by atoms with van der Waals surface area (Å²) < 4.78 is 193. The van der Waals surface area contributed by atoms with E-state index in [0.717, 1.165) is 0 Å². The zero-order valence-corrected chi connectivity index (χ0v) is 12.1. The number of carbonyl (C=O) groups is 1.